The quantitative estimate of drug-likeness (QED) is 0.0358. The Hall–Kier alpha value is -4.44. The smallest absolute Gasteiger partial charge is 0.243 e. The summed E-state index contributed by atoms with van der Waals surface area (Å²) in [4.78, 5) is 109. The first-order valence-electron chi connectivity index (χ1n) is 25.5. The fourth-order valence-corrected chi connectivity index (χ4v) is 7.66. The van der Waals surface area contributed by atoms with Gasteiger partial charge in [-0.1, -0.05) is 61.8 Å². The molecular formula is C48H95N13O8. The molecule has 0 rings (SSSR count). The van der Waals surface area contributed by atoms with Gasteiger partial charge < -0.3 is 71.6 Å². The third-order valence-electron chi connectivity index (χ3n) is 11.4. The molecule has 0 radical (unpaired) electrons. The maximum Gasteiger partial charge on any atom is 0.243 e. The van der Waals surface area contributed by atoms with Crippen molar-refractivity contribution in [2.75, 3.05) is 26.2 Å². The van der Waals surface area contributed by atoms with E-state index in [4.69, 9.17) is 34.4 Å². The van der Waals surface area contributed by atoms with Gasteiger partial charge in [-0.05, 0) is 146 Å². The molecule has 0 aromatic heterocycles. The summed E-state index contributed by atoms with van der Waals surface area (Å²) in [7, 11) is 0. The third kappa shape index (κ3) is 28.7. The molecule has 69 heavy (non-hydrogen) atoms. The largest absolute Gasteiger partial charge is 0.368 e. The number of unbranched alkanes of at least 4 members (excludes halogenated alkanes) is 4. The van der Waals surface area contributed by atoms with Crippen molar-refractivity contribution in [3.8, 4) is 0 Å². The molecule has 8 atom stereocenters. The Morgan fingerprint density at radius 3 is 0.797 bits per heavy atom. The molecule has 8 amide bonds. The number of nitrogens with two attached hydrogens (primary N) is 6. The number of primary amides is 1. The van der Waals surface area contributed by atoms with Crippen LogP contribution >= 0.6 is 0 Å². The van der Waals surface area contributed by atoms with Crippen LogP contribution in [0.4, 0.5) is 0 Å². The van der Waals surface area contributed by atoms with Crippen LogP contribution in [-0.2, 0) is 38.4 Å². The normalized spacial score (nSPS) is 15.0. The second-order valence-electron chi connectivity index (χ2n) is 20.1. The average molecular weight is 982 g/mol. The van der Waals surface area contributed by atoms with Crippen molar-refractivity contribution in [3.05, 3.63) is 0 Å². The third-order valence-corrected chi connectivity index (χ3v) is 11.4. The van der Waals surface area contributed by atoms with Gasteiger partial charge in [0.2, 0.25) is 47.3 Å². The number of hydrogen-bond donors (Lipinski definition) is 13. The topological polar surface area (TPSA) is 377 Å². The van der Waals surface area contributed by atoms with Crippen LogP contribution in [0.3, 0.4) is 0 Å². The molecule has 0 aromatic rings. The molecular weight excluding hydrogens is 887 g/mol. The maximum absolute atomic E-state index is 14.3. The average Bonchev–Trinajstić information content (AvgIpc) is 3.26. The first kappa shape index (κ1) is 64.6. The van der Waals surface area contributed by atoms with E-state index in [1.54, 1.807) is 0 Å². The van der Waals surface area contributed by atoms with Crippen LogP contribution in [0, 0.1) is 23.7 Å². The summed E-state index contributed by atoms with van der Waals surface area (Å²) in [6, 6.07) is -8.39. The number of nitrogens with one attached hydrogen (secondary N) is 7. The highest BCUT2D eigenvalue weighted by atomic mass is 16.2. The summed E-state index contributed by atoms with van der Waals surface area (Å²) in [5.41, 5.74) is 34.6. The highest BCUT2D eigenvalue weighted by Crippen LogP contribution is 2.14. The van der Waals surface area contributed by atoms with Crippen molar-refractivity contribution in [2.24, 2.45) is 58.1 Å². The van der Waals surface area contributed by atoms with E-state index < -0.39 is 95.6 Å². The van der Waals surface area contributed by atoms with Gasteiger partial charge in [-0.2, -0.15) is 0 Å². The Bertz CT molecular complexity index is 1550. The monoisotopic (exact) mass is 982 g/mol. The highest BCUT2D eigenvalue weighted by Gasteiger charge is 2.35. The van der Waals surface area contributed by atoms with Crippen molar-refractivity contribution in [3.63, 3.8) is 0 Å². The van der Waals surface area contributed by atoms with Gasteiger partial charge in [0.1, 0.15) is 42.3 Å². The fraction of sp³-hybridized carbons (Fsp3) is 0.833. The Labute approximate surface area is 412 Å². The van der Waals surface area contributed by atoms with Gasteiger partial charge >= 0.3 is 0 Å². The summed E-state index contributed by atoms with van der Waals surface area (Å²) in [6.07, 6.45) is 6.31. The molecule has 0 fully saturated rings. The molecule has 0 saturated heterocycles. The van der Waals surface area contributed by atoms with Gasteiger partial charge in [-0.3, -0.25) is 38.4 Å². The molecule has 400 valence electrons. The summed E-state index contributed by atoms with van der Waals surface area (Å²) in [5.74, 6) is -5.11. The van der Waals surface area contributed by atoms with Crippen LogP contribution in [0.25, 0.3) is 0 Å². The van der Waals surface area contributed by atoms with E-state index in [1.165, 1.54) is 0 Å². The first-order valence-corrected chi connectivity index (χ1v) is 25.5. The molecule has 0 aliphatic rings. The van der Waals surface area contributed by atoms with E-state index in [-0.39, 0.29) is 62.2 Å². The lowest BCUT2D eigenvalue weighted by molar-refractivity contribution is -0.136. The zero-order valence-corrected chi connectivity index (χ0v) is 43.3. The van der Waals surface area contributed by atoms with Gasteiger partial charge in [0, 0.05) is 0 Å². The van der Waals surface area contributed by atoms with Gasteiger partial charge in [0.05, 0.1) is 6.04 Å². The zero-order valence-electron chi connectivity index (χ0n) is 43.3. The van der Waals surface area contributed by atoms with E-state index in [9.17, 15) is 38.4 Å². The van der Waals surface area contributed by atoms with Gasteiger partial charge in [-0.25, -0.2) is 0 Å². The predicted molar refractivity (Wildman–Crippen MR) is 270 cm³/mol. The Morgan fingerprint density at radius 2 is 0.536 bits per heavy atom. The molecule has 0 aliphatic heterocycles. The maximum atomic E-state index is 14.3. The first-order chi connectivity index (χ1) is 32.5. The fourth-order valence-electron chi connectivity index (χ4n) is 7.66. The molecule has 0 unspecified atom stereocenters. The standard InChI is InChI=1S/C48H95N13O8/c1-29(2)25-37(41(54)62)58-43(64)34(18-10-14-22-50)55-47(68)39(27-31(5)6)60-45(66)36(20-12-16-24-52)57-48(69)40(28-32(7)8)61-44(65)35(19-11-15-23-51)56-46(67)38(26-30(3)4)59-42(63)33(53)17-9-13-21-49/h29-40H,9-28,49-53H2,1-8H3,(H2,54,62)(H,55,68)(H,56,67)(H,57,69)(H,58,64)(H,59,63)(H,60,66)(H,61,65)/t33-,34-,35-,36-,37-,38-,39-,40-/m0/s1. The molecule has 0 saturated carbocycles. The summed E-state index contributed by atoms with van der Waals surface area (Å²) in [6.45, 7) is 16.6. The lowest BCUT2D eigenvalue weighted by Gasteiger charge is -2.29. The summed E-state index contributed by atoms with van der Waals surface area (Å²) in [5, 5.41) is 19.5. The minimum atomic E-state index is -1.16. The molecule has 21 heteroatoms. The van der Waals surface area contributed by atoms with E-state index in [2.05, 4.69) is 37.2 Å². The minimum absolute atomic E-state index is 0.00451. The van der Waals surface area contributed by atoms with Crippen LogP contribution < -0.4 is 71.6 Å². The number of carbonyl (C=O) groups is 8. The van der Waals surface area contributed by atoms with Crippen LogP contribution in [0.1, 0.15) is 158 Å². The molecule has 19 N–H and O–H groups in total. The van der Waals surface area contributed by atoms with Crippen molar-refractivity contribution in [1.82, 2.24) is 37.2 Å². The van der Waals surface area contributed by atoms with Crippen LogP contribution in [0.2, 0.25) is 0 Å². The molecule has 21 nitrogen and oxygen atoms in total. The number of rotatable bonds is 39. The summed E-state index contributed by atoms with van der Waals surface area (Å²) >= 11 is 0. The van der Waals surface area contributed by atoms with Crippen molar-refractivity contribution >= 4 is 47.3 Å². The van der Waals surface area contributed by atoms with E-state index in [1.807, 2.05) is 55.4 Å². The van der Waals surface area contributed by atoms with Gasteiger partial charge in [0.15, 0.2) is 0 Å². The number of carbonyl (C=O) groups excluding carboxylic acids is 8. The zero-order chi connectivity index (χ0) is 52.6. The molecule has 0 bridgehead atoms. The SMILES string of the molecule is CC(C)C[C@H](NC(=O)[C@H](CCCCN)NC(=O)[C@H](CC(C)C)NC(=O)[C@H](CCCCN)NC(=O)[C@H](CC(C)C)NC(=O)[C@H](CCCCN)NC(=O)[C@H](CC(C)C)NC(=O)[C@@H](N)CCCCN)C(N)=O. The van der Waals surface area contributed by atoms with Crippen LogP contribution in [-0.4, -0.2) is 122 Å². The van der Waals surface area contributed by atoms with Gasteiger partial charge in [-0.15, -0.1) is 0 Å². The summed E-state index contributed by atoms with van der Waals surface area (Å²) < 4.78 is 0. The second-order valence-corrected chi connectivity index (χ2v) is 20.1. The minimum Gasteiger partial charge on any atom is -0.368 e. The second kappa shape index (κ2) is 36.5. The lowest BCUT2D eigenvalue weighted by atomic mass is 9.99. The van der Waals surface area contributed by atoms with Crippen molar-refractivity contribution in [1.29, 1.82) is 0 Å². The Kier molecular flexibility index (Phi) is 34.1. The predicted octanol–water partition coefficient (Wildman–Crippen LogP) is -0.107. The van der Waals surface area contributed by atoms with Crippen molar-refractivity contribution < 1.29 is 38.4 Å². The number of hydrogen-bond acceptors (Lipinski definition) is 13. The lowest BCUT2D eigenvalue weighted by Crippen LogP contribution is -2.60. The van der Waals surface area contributed by atoms with Gasteiger partial charge in [0.25, 0.3) is 0 Å². The molecule has 0 aliphatic carbocycles. The van der Waals surface area contributed by atoms with Crippen LogP contribution in [0.15, 0.2) is 0 Å². The van der Waals surface area contributed by atoms with E-state index in [0.717, 1.165) is 0 Å². The Morgan fingerprint density at radius 1 is 0.319 bits per heavy atom. The van der Waals surface area contributed by atoms with E-state index >= 15 is 0 Å². The molecule has 0 aromatic carbocycles. The van der Waals surface area contributed by atoms with E-state index in [0.29, 0.717) is 90.4 Å². The van der Waals surface area contributed by atoms with Crippen molar-refractivity contribution in [2.45, 2.75) is 206 Å². The van der Waals surface area contributed by atoms with Crippen LogP contribution in [0.5, 0.6) is 0 Å². The number of amides is 8. The Balaban J connectivity index is 6.63. The molecule has 0 spiro atoms. The highest BCUT2D eigenvalue weighted by molar-refractivity contribution is 5.97. The molecule has 0 heterocycles.